The van der Waals surface area contributed by atoms with E-state index in [0.717, 1.165) is 16.7 Å². The highest BCUT2D eigenvalue weighted by atomic mass is 127. The number of hydrogen-bond donors (Lipinski definition) is 2. The molecule has 0 aliphatic rings. The molecule has 2 aromatic rings. The van der Waals surface area contributed by atoms with Crippen LogP contribution in [-0.2, 0) is 19.1 Å². The van der Waals surface area contributed by atoms with Crippen LogP contribution >= 0.6 is 35.3 Å². The lowest BCUT2D eigenvalue weighted by Gasteiger charge is -2.12. The molecule has 0 saturated carbocycles. The van der Waals surface area contributed by atoms with Crippen molar-refractivity contribution in [2.45, 2.75) is 32.7 Å². The van der Waals surface area contributed by atoms with Gasteiger partial charge in [-0.15, -0.1) is 35.3 Å². The monoisotopic (exact) mass is 550 g/mol. The maximum absolute atomic E-state index is 12.6. The summed E-state index contributed by atoms with van der Waals surface area (Å²) in [5.41, 5.74) is -0.418. The van der Waals surface area contributed by atoms with Gasteiger partial charge in [-0.05, 0) is 13.0 Å². The van der Waals surface area contributed by atoms with Crippen LogP contribution in [-0.4, -0.2) is 30.6 Å². The molecule has 0 fully saturated rings. The second-order valence-corrected chi connectivity index (χ2v) is 6.43. The zero-order chi connectivity index (χ0) is 20.6. The van der Waals surface area contributed by atoms with E-state index in [-0.39, 0.29) is 42.7 Å². The van der Waals surface area contributed by atoms with Crippen LogP contribution in [0.25, 0.3) is 0 Å². The minimum atomic E-state index is -4.45. The molecule has 0 radical (unpaired) electrons. The van der Waals surface area contributed by atoms with Gasteiger partial charge in [-0.3, -0.25) is 0 Å². The Bertz CT molecular complexity index is 785. The standard InChI is InChI=1S/C17H19F5N4OS.HI/c1-2-23-16(24-8-7-14-26-13(10-28-14)17(20,21)22)25-9-11-5-3-4-6-12(11)27-15(18)19;/h3-6,10,15H,2,7-9H2,1H3,(H2,23,24,25);1H. The van der Waals surface area contributed by atoms with Crippen molar-refractivity contribution in [2.24, 2.45) is 4.99 Å². The maximum atomic E-state index is 12.6. The topological polar surface area (TPSA) is 58.5 Å². The van der Waals surface area contributed by atoms with Crippen molar-refractivity contribution in [3.8, 4) is 5.75 Å². The number of aromatic nitrogens is 1. The smallest absolute Gasteiger partial charge is 0.434 e. The van der Waals surface area contributed by atoms with Crippen molar-refractivity contribution in [1.29, 1.82) is 0 Å². The second kappa shape index (κ2) is 12.1. The first-order valence-corrected chi connectivity index (χ1v) is 9.24. The molecule has 2 N–H and O–H groups in total. The Hall–Kier alpha value is -1.70. The first-order valence-electron chi connectivity index (χ1n) is 8.36. The Morgan fingerprint density at radius 3 is 2.59 bits per heavy atom. The fourth-order valence-corrected chi connectivity index (χ4v) is 3.00. The van der Waals surface area contributed by atoms with E-state index in [1.807, 2.05) is 6.92 Å². The highest BCUT2D eigenvalue weighted by molar-refractivity contribution is 14.0. The number of hydrogen-bond acceptors (Lipinski definition) is 4. The van der Waals surface area contributed by atoms with Gasteiger partial charge in [0.15, 0.2) is 11.7 Å². The van der Waals surface area contributed by atoms with Crippen LogP contribution in [0.5, 0.6) is 5.75 Å². The van der Waals surface area contributed by atoms with E-state index in [4.69, 9.17) is 0 Å². The average Bonchev–Trinajstić information content (AvgIpc) is 3.09. The Morgan fingerprint density at radius 1 is 1.24 bits per heavy atom. The third-order valence-corrected chi connectivity index (χ3v) is 4.32. The van der Waals surface area contributed by atoms with Gasteiger partial charge in [0.2, 0.25) is 0 Å². The van der Waals surface area contributed by atoms with Crippen molar-refractivity contribution < 1.29 is 26.7 Å². The molecule has 0 bridgehead atoms. The third-order valence-electron chi connectivity index (χ3n) is 3.41. The Balaban J connectivity index is 0.00000420. The number of alkyl halides is 5. The van der Waals surface area contributed by atoms with E-state index in [1.165, 1.54) is 6.07 Å². The number of ether oxygens (including phenoxy) is 1. The normalized spacial score (nSPS) is 11.9. The third kappa shape index (κ3) is 8.68. The number of aliphatic imine (C=N–C) groups is 1. The van der Waals surface area contributed by atoms with Crippen molar-refractivity contribution in [1.82, 2.24) is 15.6 Å². The summed E-state index contributed by atoms with van der Waals surface area (Å²) in [6, 6.07) is 6.32. The van der Waals surface area contributed by atoms with Gasteiger partial charge in [0, 0.05) is 30.5 Å². The zero-order valence-corrected chi connectivity index (χ0v) is 18.4. The molecule has 1 aromatic carbocycles. The number of nitrogens with zero attached hydrogens (tertiary/aromatic N) is 2. The van der Waals surface area contributed by atoms with Crippen molar-refractivity contribution in [3.05, 3.63) is 45.9 Å². The van der Waals surface area contributed by atoms with Crippen LogP contribution in [0, 0.1) is 0 Å². The van der Waals surface area contributed by atoms with Crippen LogP contribution in [0.15, 0.2) is 34.6 Å². The number of benzene rings is 1. The van der Waals surface area contributed by atoms with Gasteiger partial charge in [0.05, 0.1) is 11.6 Å². The molecular weight excluding hydrogens is 530 g/mol. The van der Waals surface area contributed by atoms with Gasteiger partial charge in [0.1, 0.15) is 5.75 Å². The van der Waals surface area contributed by atoms with Crippen LogP contribution < -0.4 is 15.4 Å². The van der Waals surface area contributed by atoms with Gasteiger partial charge in [0.25, 0.3) is 0 Å². The predicted octanol–water partition coefficient (Wildman–Crippen LogP) is 4.68. The first kappa shape index (κ1) is 25.3. The number of para-hydroxylation sites is 1. The lowest BCUT2D eigenvalue weighted by Crippen LogP contribution is -2.38. The summed E-state index contributed by atoms with van der Waals surface area (Å²) < 4.78 is 67.1. The Labute approximate surface area is 185 Å². The molecule has 0 amide bonds. The van der Waals surface area contributed by atoms with Gasteiger partial charge in [-0.2, -0.15) is 22.0 Å². The molecule has 0 atom stereocenters. The maximum Gasteiger partial charge on any atom is 0.434 e. The molecule has 5 nitrogen and oxygen atoms in total. The molecule has 0 saturated heterocycles. The van der Waals surface area contributed by atoms with Crippen LogP contribution in [0.4, 0.5) is 22.0 Å². The summed E-state index contributed by atoms with van der Waals surface area (Å²) in [7, 11) is 0. The number of guanidine groups is 1. The summed E-state index contributed by atoms with van der Waals surface area (Å²) in [6.45, 7) is -0.131. The number of rotatable bonds is 8. The van der Waals surface area contributed by atoms with Crippen molar-refractivity contribution in [2.75, 3.05) is 13.1 Å². The summed E-state index contributed by atoms with van der Waals surface area (Å²) >= 11 is 0.940. The molecule has 12 heteroatoms. The number of nitrogens with one attached hydrogen (secondary N) is 2. The summed E-state index contributed by atoms with van der Waals surface area (Å²) in [5.74, 6) is 0.446. The molecule has 0 aliphatic heterocycles. The fraction of sp³-hybridized carbons (Fsp3) is 0.412. The Morgan fingerprint density at radius 2 is 1.97 bits per heavy atom. The fourth-order valence-electron chi connectivity index (χ4n) is 2.20. The van der Waals surface area contributed by atoms with Gasteiger partial charge in [-0.1, -0.05) is 18.2 Å². The van der Waals surface area contributed by atoms with E-state index in [2.05, 4.69) is 25.3 Å². The number of thiazole rings is 1. The SMILES string of the molecule is CCNC(=NCc1ccccc1OC(F)F)NCCc1nc(C(F)(F)F)cs1.I. The van der Waals surface area contributed by atoms with E-state index in [1.54, 1.807) is 18.2 Å². The summed E-state index contributed by atoms with van der Waals surface area (Å²) in [4.78, 5) is 7.86. The van der Waals surface area contributed by atoms with Gasteiger partial charge < -0.3 is 15.4 Å². The van der Waals surface area contributed by atoms with Crippen LogP contribution in [0.3, 0.4) is 0 Å². The molecule has 1 aromatic heterocycles. The van der Waals surface area contributed by atoms with Crippen LogP contribution in [0.2, 0.25) is 0 Å². The zero-order valence-electron chi connectivity index (χ0n) is 15.3. The highest BCUT2D eigenvalue weighted by Gasteiger charge is 2.33. The minimum absolute atomic E-state index is 0. The van der Waals surface area contributed by atoms with E-state index < -0.39 is 18.5 Å². The molecular formula is C17H20F5IN4OS. The second-order valence-electron chi connectivity index (χ2n) is 5.48. The predicted molar refractivity (Wildman–Crippen MR) is 112 cm³/mol. The Kier molecular flexibility index (Phi) is 10.6. The molecule has 29 heavy (non-hydrogen) atoms. The van der Waals surface area contributed by atoms with E-state index >= 15 is 0 Å². The lowest BCUT2D eigenvalue weighted by molar-refractivity contribution is -0.140. The van der Waals surface area contributed by atoms with E-state index in [0.29, 0.717) is 29.6 Å². The van der Waals surface area contributed by atoms with Gasteiger partial charge >= 0.3 is 12.8 Å². The highest BCUT2D eigenvalue weighted by Crippen LogP contribution is 2.30. The molecule has 0 spiro atoms. The first-order chi connectivity index (χ1) is 13.3. The summed E-state index contributed by atoms with van der Waals surface area (Å²) in [5, 5.41) is 7.30. The quantitative estimate of drug-likeness (QED) is 0.217. The average molecular weight is 550 g/mol. The number of halogens is 6. The van der Waals surface area contributed by atoms with Gasteiger partial charge in [-0.25, -0.2) is 9.98 Å². The molecule has 162 valence electrons. The van der Waals surface area contributed by atoms with Crippen molar-refractivity contribution in [3.63, 3.8) is 0 Å². The van der Waals surface area contributed by atoms with Crippen LogP contribution in [0.1, 0.15) is 23.2 Å². The largest absolute Gasteiger partial charge is 0.434 e. The molecule has 0 unspecified atom stereocenters. The summed E-state index contributed by atoms with van der Waals surface area (Å²) in [6.07, 6.45) is -4.16. The molecule has 2 rings (SSSR count). The van der Waals surface area contributed by atoms with E-state index in [9.17, 15) is 22.0 Å². The van der Waals surface area contributed by atoms with Crippen molar-refractivity contribution >= 4 is 41.3 Å². The lowest BCUT2D eigenvalue weighted by atomic mass is 10.2. The minimum Gasteiger partial charge on any atom is -0.434 e. The molecule has 0 aliphatic carbocycles. The molecule has 1 heterocycles.